The Labute approximate surface area is 97.0 Å². The molecule has 0 rings (SSSR count). The smallest absolute Gasteiger partial charge is 0.434 e. The highest BCUT2D eigenvalue weighted by atomic mass is 16.7. The third-order valence-electron chi connectivity index (χ3n) is 1.71. The molecule has 96 valence electrons. The highest BCUT2D eigenvalue weighted by molar-refractivity contribution is 5.59. The minimum absolute atomic E-state index is 0.338. The van der Waals surface area contributed by atoms with Crippen molar-refractivity contribution in [3.8, 4) is 0 Å². The molecule has 0 amide bonds. The Morgan fingerprint density at radius 1 is 0.812 bits per heavy atom. The van der Waals surface area contributed by atoms with Crippen LogP contribution in [0.2, 0.25) is 0 Å². The summed E-state index contributed by atoms with van der Waals surface area (Å²) in [5, 5.41) is 0. The Morgan fingerprint density at radius 2 is 1.25 bits per heavy atom. The van der Waals surface area contributed by atoms with Crippen molar-refractivity contribution >= 4 is 6.16 Å². The molecule has 5 nitrogen and oxygen atoms in total. The molecule has 0 aromatic carbocycles. The second-order valence-electron chi connectivity index (χ2n) is 3.05. The van der Waals surface area contributed by atoms with Gasteiger partial charge in [-0.15, -0.1) is 0 Å². The van der Waals surface area contributed by atoms with Crippen LogP contribution in [-0.2, 0) is 18.9 Å². The van der Waals surface area contributed by atoms with E-state index >= 15 is 0 Å². The quantitative estimate of drug-likeness (QED) is 0.427. The van der Waals surface area contributed by atoms with Crippen molar-refractivity contribution in [2.75, 3.05) is 39.6 Å². The van der Waals surface area contributed by atoms with E-state index in [1.165, 1.54) is 0 Å². The third-order valence-corrected chi connectivity index (χ3v) is 1.71. The number of rotatable bonds is 10. The lowest BCUT2D eigenvalue weighted by atomic mass is 10.5. The predicted octanol–water partition coefficient (Wildman–Crippen LogP) is 1.99. The molecule has 0 aromatic rings. The van der Waals surface area contributed by atoms with Gasteiger partial charge in [-0.1, -0.05) is 0 Å². The van der Waals surface area contributed by atoms with Crippen molar-refractivity contribution in [3.05, 3.63) is 0 Å². The first-order valence-corrected chi connectivity index (χ1v) is 5.76. The maximum absolute atomic E-state index is 11.0. The lowest BCUT2D eigenvalue weighted by molar-refractivity contribution is 0.0392. The van der Waals surface area contributed by atoms with Gasteiger partial charge in [0.15, 0.2) is 0 Å². The molecule has 0 saturated carbocycles. The van der Waals surface area contributed by atoms with Gasteiger partial charge in [0.1, 0.15) is 0 Å². The van der Waals surface area contributed by atoms with E-state index in [2.05, 4.69) is 0 Å². The molecular weight excluding hydrogens is 212 g/mol. The molecule has 0 N–H and O–H groups in total. The number of carbonyl (C=O) groups is 1. The van der Waals surface area contributed by atoms with Gasteiger partial charge in [0, 0.05) is 39.3 Å². The monoisotopic (exact) mass is 234 g/mol. The van der Waals surface area contributed by atoms with Gasteiger partial charge in [-0.3, -0.25) is 0 Å². The molecule has 0 aliphatic carbocycles. The van der Waals surface area contributed by atoms with Crippen LogP contribution in [0.3, 0.4) is 0 Å². The topological polar surface area (TPSA) is 54.0 Å². The molecule has 0 atom stereocenters. The van der Waals surface area contributed by atoms with Crippen molar-refractivity contribution in [2.45, 2.75) is 26.7 Å². The SMILES string of the molecule is CCOCCCOC(=O)OCCCOCC. The number of hydrogen-bond acceptors (Lipinski definition) is 5. The van der Waals surface area contributed by atoms with Gasteiger partial charge in [-0.2, -0.15) is 0 Å². The molecule has 0 saturated heterocycles. The Balaban J connectivity index is 3.12. The van der Waals surface area contributed by atoms with Gasteiger partial charge in [0.25, 0.3) is 0 Å². The van der Waals surface area contributed by atoms with Gasteiger partial charge < -0.3 is 18.9 Å². The summed E-state index contributed by atoms with van der Waals surface area (Å²) in [5.41, 5.74) is 0. The fourth-order valence-electron chi connectivity index (χ4n) is 0.963. The van der Waals surface area contributed by atoms with Crippen LogP contribution in [0.15, 0.2) is 0 Å². The predicted molar refractivity (Wildman–Crippen MR) is 59.5 cm³/mol. The Hall–Kier alpha value is -0.810. The molecule has 0 radical (unpaired) electrons. The minimum Gasteiger partial charge on any atom is -0.434 e. The van der Waals surface area contributed by atoms with Gasteiger partial charge in [-0.25, -0.2) is 4.79 Å². The first-order chi connectivity index (χ1) is 7.81. The largest absolute Gasteiger partial charge is 0.508 e. The summed E-state index contributed by atoms with van der Waals surface area (Å²) in [5.74, 6) is 0. The average molecular weight is 234 g/mol. The van der Waals surface area contributed by atoms with E-state index in [1.54, 1.807) is 0 Å². The van der Waals surface area contributed by atoms with Crippen LogP contribution in [0.1, 0.15) is 26.7 Å². The lowest BCUT2D eigenvalue weighted by Crippen LogP contribution is -2.11. The zero-order chi connectivity index (χ0) is 12.1. The van der Waals surface area contributed by atoms with Crippen molar-refractivity contribution in [2.24, 2.45) is 0 Å². The molecule has 0 fully saturated rings. The molecule has 0 spiro atoms. The highest BCUT2D eigenvalue weighted by Gasteiger charge is 2.02. The van der Waals surface area contributed by atoms with Gasteiger partial charge in [-0.05, 0) is 13.8 Å². The molecule has 5 heteroatoms. The van der Waals surface area contributed by atoms with E-state index in [4.69, 9.17) is 18.9 Å². The number of hydrogen-bond donors (Lipinski definition) is 0. The first-order valence-electron chi connectivity index (χ1n) is 5.76. The van der Waals surface area contributed by atoms with E-state index in [1.807, 2.05) is 13.8 Å². The van der Waals surface area contributed by atoms with Gasteiger partial charge >= 0.3 is 6.16 Å². The summed E-state index contributed by atoms with van der Waals surface area (Å²) in [6.07, 6.45) is 0.775. The van der Waals surface area contributed by atoms with Crippen LogP contribution >= 0.6 is 0 Å². The third kappa shape index (κ3) is 11.3. The fraction of sp³-hybridized carbons (Fsp3) is 0.909. The summed E-state index contributed by atoms with van der Waals surface area (Å²) in [6, 6.07) is 0. The minimum atomic E-state index is -0.618. The van der Waals surface area contributed by atoms with E-state index in [9.17, 15) is 4.79 Å². The zero-order valence-corrected chi connectivity index (χ0v) is 10.2. The van der Waals surface area contributed by atoms with Crippen molar-refractivity contribution in [1.29, 1.82) is 0 Å². The summed E-state index contributed by atoms with van der Waals surface area (Å²) in [4.78, 5) is 11.0. The van der Waals surface area contributed by atoms with Crippen LogP contribution in [0, 0.1) is 0 Å². The average Bonchev–Trinajstić information content (AvgIpc) is 2.28. The molecular formula is C11H22O5. The maximum atomic E-state index is 11.0. The van der Waals surface area contributed by atoms with Crippen LogP contribution in [0.4, 0.5) is 4.79 Å². The molecule has 0 bridgehead atoms. The maximum Gasteiger partial charge on any atom is 0.508 e. The van der Waals surface area contributed by atoms with Gasteiger partial charge in [0.2, 0.25) is 0 Å². The molecule has 0 aliphatic heterocycles. The van der Waals surface area contributed by atoms with Crippen LogP contribution in [0.5, 0.6) is 0 Å². The standard InChI is InChI=1S/C11H22O5/c1-3-13-7-5-9-15-11(12)16-10-6-8-14-4-2/h3-10H2,1-2H3. The van der Waals surface area contributed by atoms with Crippen LogP contribution in [-0.4, -0.2) is 45.8 Å². The van der Waals surface area contributed by atoms with Crippen molar-refractivity contribution in [1.82, 2.24) is 0 Å². The van der Waals surface area contributed by atoms with Crippen LogP contribution in [0.25, 0.3) is 0 Å². The van der Waals surface area contributed by atoms with Crippen LogP contribution < -0.4 is 0 Å². The number of ether oxygens (including phenoxy) is 4. The summed E-state index contributed by atoms with van der Waals surface area (Å²) < 4.78 is 19.8. The zero-order valence-electron chi connectivity index (χ0n) is 10.2. The normalized spacial score (nSPS) is 10.1. The molecule has 0 heterocycles. The van der Waals surface area contributed by atoms with Crippen molar-refractivity contribution < 1.29 is 23.7 Å². The van der Waals surface area contributed by atoms with E-state index < -0.39 is 6.16 Å². The second kappa shape index (κ2) is 12.3. The molecule has 0 unspecified atom stereocenters. The Bertz CT molecular complexity index is 144. The highest BCUT2D eigenvalue weighted by Crippen LogP contribution is 1.92. The number of carbonyl (C=O) groups excluding carboxylic acids is 1. The van der Waals surface area contributed by atoms with Gasteiger partial charge in [0.05, 0.1) is 13.2 Å². The van der Waals surface area contributed by atoms with E-state index in [0.717, 1.165) is 0 Å². The van der Waals surface area contributed by atoms with E-state index in [0.29, 0.717) is 52.5 Å². The Kier molecular flexibility index (Phi) is 11.6. The summed E-state index contributed by atoms with van der Waals surface area (Å²) in [6.45, 7) is 7.10. The summed E-state index contributed by atoms with van der Waals surface area (Å²) >= 11 is 0. The lowest BCUT2D eigenvalue weighted by Gasteiger charge is -2.06. The summed E-state index contributed by atoms with van der Waals surface area (Å²) in [7, 11) is 0. The molecule has 0 aromatic heterocycles. The van der Waals surface area contributed by atoms with Crippen molar-refractivity contribution in [3.63, 3.8) is 0 Å². The molecule has 0 aliphatic rings. The first kappa shape index (κ1) is 15.2. The second-order valence-corrected chi connectivity index (χ2v) is 3.05. The fourth-order valence-corrected chi connectivity index (χ4v) is 0.963. The van der Waals surface area contributed by atoms with E-state index in [-0.39, 0.29) is 0 Å². The molecule has 16 heavy (non-hydrogen) atoms. The Morgan fingerprint density at radius 3 is 1.62 bits per heavy atom.